The Hall–Kier alpha value is -4.29. The number of anilines is 4. The molecule has 3 rings (SSSR count). The first-order valence-corrected chi connectivity index (χ1v) is 10.1. The van der Waals surface area contributed by atoms with Crippen molar-refractivity contribution in [1.29, 1.82) is 0 Å². The van der Waals surface area contributed by atoms with Crippen LogP contribution in [-0.2, 0) is 9.59 Å². The fraction of sp³-hybridized carbons (Fsp3) is 0.350. The number of nitrogens with zero attached hydrogens (tertiary/aromatic N) is 2. The Morgan fingerprint density at radius 3 is 2.61 bits per heavy atom. The molecule has 0 spiro atoms. The van der Waals surface area contributed by atoms with Gasteiger partial charge in [0.05, 0.1) is 6.04 Å². The highest BCUT2D eigenvalue weighted by Crippen LogP contribution is 2.25. The molecule has 0 saturated carbocycles. The van der Waals surface area contributed by atoms with Gasteiger partial charge in [0.1, 0.15) is 11.7 Å². The van der Waals surface area contributed by atoms with Gasteiger partial charge in [0.25, 0.3) is 11.5 Å². The van der Waals surface area contributed by atoms with E-state index in [0.717, 1.165) is 5.69 Å². The maximum atomic E-state index is 12.3. The SMILES string of the molecule is CN1c2c(nc(N)[nH]c2=O)NC[C@H]1CNc1ccc(C(=O)N[C@@H](CCC(=O)O)C(=O)O)cc1. The first kappa shape index (κ1) is 23.4. The lowest BCUT2D eigenvalue weighted by atomic mass is 10.1. The normalized spacial score (nSPS) is 15.7. The minimum atomic E-state index is -1.30. The third-order valence-electron chi connectivity index (χ3n) is 5.26. The summed E-state index contributed by atoms with van der Waals surface area (Å²) in [6.45, 7) is 1.01. The molecule has 13 heteroatoms. The zero-order chi connectivity index (χ0) is 24.1. The molecule has 13 nitrogen and oxygen atoms in total. The van der Waals surface area contributed by atoms with Crippen LogP contribution >= 0.6 is 0 Å². The van der Waals surface area contributed by atoms with Gasteiger partial charge < -0.3 is 36.8 Å². The number of carbonyl (C=O) groups excluding carboxylic acids is 1. The number of carbonyl (C=O) groups is 3. The molecule has 33 heavy (non-hydrogen) atoms. The molecule has 2 aromatic rings. The second-order valence-electron chi connectivity index (χ2n) is 7.55. The van der Waals surface area contributed by atoms with Crippen molar-refractivity contribution in [3.8, 4) is 0 Å². The molecule has 0 radical (unpaired) electrons. The molecule has 1 aromatic heterocycles. The number of nitrogens with two attached hydrogens (primary N) is 1. The molecule has 0 unspecified atom stereocenters. The Kier molecular flexibility index (Phi) is 7.00. The van der Waals surface area contributed by atoms with Crippen molar-refractivity contribution in [3.05, 3.63) is 40.2 Å². The molecule has 2 atom stereocenters. The summed E-state index contributed by atoms with van der Waals surface area (Å²) >= 11 is 0. The van der Waals surface area contributed by atoms with Crippen LogP contribution in [0.15, 0.2) is 29.1 Å². The number of nitrogen functional groups attached to an aromatic ring is 1. The fourth-order valence-corrected chi connectivity index (χ4v) is 3.42. The molecule has 0 aliphatic carbocycles. The van der Waals surface area contributed by atoms with E-state index in [1.165, 1.54) is 12.1 Å². The number of carboxylic acids is 2. The minimum absolute atomic E-state index is 0.0388. The van der Waals surface area contributed by atoms with Crippen molar-refractivity contribution in [3.63, 3.8) is 0 Å². The highest BCUT2D eigenvalue weighted by Gasteiger charge is 2.27. The van der Waals surface area contributed by atoms with Crippen LogP contribution in [0.4, 0.5) is 23.1 Å². The maximum Gasteiger partial charge on any atom is 0.326 e. The molecular formula is C20H25N7O6. The van der Waals surface area contributed by atoms with Crippen molar-refractivity contribution < 1.29 is 24.6 Å². The molecule has 1 amide bonds. The van der Waals surface area contributed by atoms with Gasteiger partial charge in [-0.1, -0.05) is 0 Å². The molecule has 0 saturated heterocycles. The second kappa shape index (κ2) is 9.89. The van der Waals surface area contributed by atoms with Gasteiger partial charge in [0.15, 0.2) is 5.82 Å². The largest absolute Gasteiger partial charge is 0.481 e. The van der Waals surface area contributed by atoms with E-state index in [0.29, 0.717) is 24.6 Å². The first-order valence-electron chi connectivity index (χ1n) is 10.1. The van der Waals surface area contributed by atoms with Crippen LogP contribution in [0.3, 0.4) is 0 Å². The van der Waals surface area contributed by atoms with Gasteiger partial charge in [0.2, 0.25) is 5.95 Å². The van der Waals surface area contributed by atoms with Crippen LogP contribution in [0.2, 0.25) is 0 Å². The monoisotopic (exact) mass is 459 g/mol. The Morgan fingerprint density at radius 1 is 1.27 bits per heavy atom. The van der Waals surface area contributed by atoms with Crippen molar-refractivity contribution >= 4 is 41.0 Å². The predicted molar refractivity (Wildman–Crippen MR) is 121 cm³/mol. The topological polar surface area (TPSA) is 203 Å². The van der Waals surface area contributed by atoms with Gasteiger partial charge in [-0.2, -0.15) is 4.98 Å². The molecule has 8 N–H and O–H groups in total. The number of nitrogens with one attached hydrogen (secondary N) is 4. The zero-order valence-corrected chi connectivity index (χ0v) is 17.8. The molecule has 1 aromatic carbocycles. The number of hydrogen-bond donors (Lipinski definition) is 7. The molecule has 1 aliphatic heterocycles. The number of hydrogen-bond acceptors (Lipinski definition) is 9. The second-order valence-corrected chi connectivity index (χ2v) is 7.55. The number of aromatic amines is 1. The lowest BCUT2D eigenvalue weighted by Gasteiger charge is -2.35. The van der Waals surface area contributed by atoms with Crippen molar-refractivity contribution in [2.75, 3.05) is 41.4 Å². The average molecular weight is 459 g/mol. The number of aromatic nitrogens is 2. The molecule has 0 bridgehead atoms. The lowest BCUT2D eigenvalue weighted by molar-refractivity contribution is -0.140. The quantitative estimate of drug-likeness (QED) is 0.260. The van der Waals surface area contributed by atoms with Crippen molar-refractivity contribution in [1.82, 2.24) is 15.3 Å². The van der Waals surface area contributed by atoms with Crippen molar-refractivity contribution in [2.45, 2.75) is 24.9 Å². The van der Waals surface area contributed by atoms with Gasteiger partial charge in [-0.05, 0) is 30.7 Å². The fourth-order valence-electron chi connectivity index (χ4n) is 3.42. The molecule has 2 heterocycles. The van der Waals surface area contributed by atoms with Crippen molar-refractivity contribution in [2.24, 2.45) is 0 Å². The van der Waals surface area contributed by atoms with E-state index < -0.39 is 23.9 Å². The standard InChI is InChI=1S/C20H25N7O6/c1-27-12(9-23-16-15(27)18(31)26-20(21)25-16)8-22-11-4-2-10(3-5-11)17(30)24-13(19(32)33)6-7-14(28)29/h2-5,12-13,22H,6-9H2,1H3,(H,24,30)(H,28,29)(H,32,33)(H4,21,23,25,26,31)/t12-,13+/m1/s1. The van der Waals surface area contributed by atoms with Crippen LogP contribution in [-0.4, -0.2) is 70.2 Å². The van der Waals surface area contributed by atoms with Crippen LogP contribution in [0.1, 0.15) is 23.2 Å². The molecule has 1 aliphatic rings. The summed E-state index contributed by atoms with van der Waals surface area (Å²) in [7, 11) is 1.79. The maximum absolute atomic E-state index is 12.3. The molecule has 176 valence electrons. The van der Waals surface area contributed by atoms with E-state index in [9.17, 15) is 24.3 Å². The summed E-state index contributed by atoms with van der Waals surface area (Å²) in [6, 6.07) is 5.03. The third-order valence-corrected chi connectivity index (χ3v) is 5.26. The summed E-state index contributed by atoms with van der Waals surface area (Å²) in [6.07, 6.45) is -0.586. The molecule has 0 fully saturated rings. The van der Waals surface area contributed by atoms with Crippen LogP contribution in [0, 0.1) is 0 Å². The van der Waals surface area contributed by atoms with E-state index in [4.69, 9.17) is 10.8 Å². The number of fused-ring (bicyclic) bond motifs is 1. The smallest absolute Gasteiger partial charge is 0.326 e. The van der Waals surface area contributed by atoms with E-state index in [1.54, 1.807) is 19.2 Å². The Balaban J connectivity index is 1.58. The summed E-state index contributed by atoms with van der Waals surface area (Å²) in [4.78, 5) is 54.9. The predicted octanol–water partition coefficient (Wildman–Crippen LogP) is -0.258. The van der Waals surface area contributed by atoms with Gasteiger partial charge in [0, 0.05) is 37.8 Å². The highest BCUT2D eigenvalue weighted by molar-refractivity contribution is 5.96. The summed E-state index contributed by atoms with van der Waals surface area (Å²) < 4.78 is 0. The average Bonchev–Trinajstić information content (AvgIpc) is 2.75. The molecular weight excluding hydrogens is 434 g/mol. The minimum Gasteiger partial charge on any atom is -0.481 e. The van der Waals surface area contributed by atoms with E-state index in [-0.39, 0.29) is 36.0 Å². The summed E-state index contributed by atoms with van der Waals surface area (Å²) in [5, 5.41) is 26.6. The van der Waals surface area contributed by atoms with Crippen LogP contribution < -0.4 is 32.1 Å². The zero-order valence-electron chi connectivity index (χ0n) is 17.8. The number of rotatable bonds is 9. The van der Waals surface area contributed by atoms with Crippen LogP contribution in [0.25, 0.3) is 0 Å². The number of benzene rings is 1. The van der Waals surface area contributed by atoms with E-state index in [2.05, 4.69) is 25.9 Å². The van der Waals surface area contributed by atoms with Gasteiger partial charge in [-0.25, -0.2) is 4.79 Å². The Labute approximate surface area is 188 Å². The van der Waals surface area contributed by atoms with Crippen LogP contribution in [0.5, 0.6) is 0 Å². The lowest BCUT2D eigenvalue weighted by Crippen LogP contribution is -2.48. The van der Waals surface area contributed by atoms with E-state index in [1.807, 2.05) is 4.90 Å². The number of likely N-dealkylation sites (N-methyl/N-ethyl adjacent to an activating group) is 1. The number of amides is 1. The first-order chi connectivity index (χ1) is 15.7. The number of carboxylic acid groups (broad SMARTS) is 2. The highest BCUT2D eigenvalue weighted by atomic mass is 16.4. The van der Waals surface area contributed by atoms with Gasteiger partial charge in [-0.3, -0.25) is 19.4 Å². The van der Waals surface area contributed by atoms with Gasteiger partial charge >= 0.3 is 11.9 Å². The Bertz CT molecular complexity index is 1100. The summed E-state index contributed by atoms with van der Waals surface area (Å²) in [5.74, 6) is -2.59. The Morgan fingerprint density at radius 2 is 1.97 bits per heavy atom. The number of aliphatic carboxylic acids is 2. The third kappa shape index (κ3) is 5.70. The van der Waals surface area contributed by atoms with Gasteiger partial charge in [-0.15, -0.1) is 0 Å². The number of H-pyrrole nitrogens is 1. The summed E-state index contributed by atoms with van der Waals surface area (Å²) in [5.41, 5.74) is 6.59. The van der Waals surface area contributed by atoms with E-state index >= 15 is 0 Å².